The maximum atomic E-state index is 6.72. The van der Waals surface area contributed by atoms with Gasteiger partial charge >= 0.3 is 455 Å². The molecule has 0 N–H and O–H groups in total. The van der Waals surface area contributed by atoms with Crippen LogP contribution in [0, 0.1) is 0 Å². The van der Waals surface area contributed by atoms with Crippen molar-refractivity contribution in [3.05, 3.63) is 57.6 Å². The van der Waals surface area contributed by atoms with Gasteiger partial charge in [-0.2, -0.15) is 0 Å². The Hall–Kier alpha value is 1.66. The minimum atomic E-state index is -1.72. The number of hydrogen-bond donors (Lipinski definition) is 0. The van der Waals surface area contributed by atoms with E-state index in [0.29, 0.717) is 25.8 Å². The topological polar surface area (TPSA) is 12.4 Å². The molecule has 0 spiro atoms. The molecular weight excluding hydrogens is 1120 g/mol. The van der Waals surface area contributed by atoms with Crippen LogP contribution in [-0.2, 0) is 0 Å². The minimum absolute atomic E-state index is 0.653. The summed E-state index contributed by atoms with van der Waals surface area (Å²) in [6.07, 6.45) is 0. The first-order valence-electron chi connectivity index (χ1n) is 27.2. The molecule has 2 aromatic rings. The van der Waals surface area contributed by atoms with E-state index < -0.39 is 118 Å². The van der Waals surface area contributed by atoms with Crippen LogP contribution in [0.25, 0.3) is 0 Å². The van der Waals surface area contributed by atoms with Gasteiger partial charge in [0.05, 0.1) is 0 Å². The Morgan fingerprint density at radius 2 is 0.412 bits per heavy atom. The average molecular weight is 1240 g/mol. The molecular formula is C54H118NSbSi12. The van der Waals surface area contributed by atoms with E-state index in [1.165, 1.54) is 0 Å². The van der Waals surface area contributed by atoms with Gasteiger partial charge in [-0.05, 0) is 0 Å². The van der Waals surface area contributed by atoms with Gasteiger partial charge in [0.15, 0.2) is 0 Å². The molecule has 0 heterocycles. The van der Waals surface area contributed by atoms with E-state index >= 15 is 0 Å². The Kier molecular flexibility index (Phi) is 20.5. The Bertz CT molecular complexity index is 1740. The fourth-order valence-electron chi connectivity index (χ4n) is 16.5. The zero-order valence-electron chi connectivity index (χ0n) is 52.7. The predicted octanol–water partition coefficient (Wildman–Crippen LogP) is 19.6. The van der Waals surface area contributed by atoms with Crippen molar-refractivity contribution in [1.82, 2.24) is 0 Å². The van der Waals surface area contributed by atoms with Gasteiger partial charge in [-0.25, -0.2) is 0 Å². The Morgan fingerprint density at radius 1 is 0.250 bits per heavy atom. The molecule has 0 saturated heterocycles. The van der Waals surface area contributed by atoms with Crippen LogP contribution in [0.4, 0.5) is 5.69 Å². The first-order valence-corrected chi connectivity index (χ1v) is 72.5. The molecule has 0 radical (unpaired) electrons. The van der Waals surface area contributed by atoms with E-state index in [1.54, 1.807) is 27.9 Å². The van der Waals surface area contributed by atoms with Gasteiger partial charge < -0.3 is 0 Å². The van der Waals surface area contributed by atoms with E-state index in [4.69, 9.17) is 3.09 Å². The monoisotopic (exact) mass is 1240 g/mol. The van der Waals surface area contributed by atoms with Gasteiger partial charge in [-0.15, -0.1) is 0 Å². The van der Waals surface area contributed by atoms with Crippen molar-refractivity contribution in [2.45, 2.75) is 267 Å². The Labute approximate surface area is 450 Å². The van der Waals surface area contributed by atoms with Crippen molar-refractivity contribution in [2.24, 2.45) is 3.09 Å². The Balaban J connectivity index is 3.92. The van der Waals surface area contributed by atoms with Crippen molar-refractivity contribution in [2.75, 3.05) is 0 Å². The third-order valence-corrected chi connectivity index (χ3v) is 73.6. The van der Waals surface area contributed by atoms with Crippen LogP contribution >= 0.6 is 0 Å². The van der Waals surface area contributed by atoms with E-state index in [1.807, 2.05) is 14.6 Å². The second kappa shape index (κ2) is 21.2. The van der Waals surface area contributed by atoms with Crippen LogP contribution in [0.3, 0.4) is 0 Å². The van der Waals surface area contributed by atoms with Crippen molar-refractivity contribution in [3.8, 4) is 0 Å². The second-order valence-corrected chi connectivity index (χ2v) is 105. The van der Waals surface area contributed by atoms with E-state index in [2.05, 4.69) is 260 Å². The molecule has 68 heavy (non-hydrogen) atoms. The zero-order chi connectivity index (χ0) is 54.3. The van der Waals surface area contributed by atoms with Gasteiger partial charge in [0.2, 0.25) is 0 Å². The molecule has 2 aromatic carbocycles. The number of nitrogens with zero attached hydrogens (tertiary/aromatic N) is 1. The van der Waals surface area contributed by atoms with E-state index in [9.17, 15) is 0 Å². The van der Waals surface area contributed by atoms with Crippen LogP contribution in [0.15, 0.2) is 27.4 Å². The average Bonchev–Trinajstić information content (AvgIpc) is 2.92. The molecule has 0 amide bonds. The summed E-state index contributed by atoms with van der Waals surface area (Å²) >= 11 is -1.31. The first kappa shape index (κ1) is 65.8. The molecule has 1 nitrogen and oxygen atoms in total. The van der Waals surface area contributed by atoms with Crippen LogP contribution < -0.4 is 3.51 Å². The molecule has 0 aliphatic heterocycles. The summed E-state index contributed by atoms with van der Waals surface area (Å²) in [4.78, 5) is 0. The van der Waals surface area contributed by atoms with Crippen LogP contribution in [0.1, 0.15) is 64.4 Å². The number of benzene rings is 2. The van der Waals surface area contributed by atoms with Crippen molar-refractivity contribution >= 4 is 128 Å². The normalized spacial score (nSPS) is 15.5. The first-order chi connectivity index (χ1) is 29.4. The third kappa shape index (κ3) is 16.6. The van der Waals surface area contributed by atoms with Gasteiger partial charge in [-0.1, -0.05) is 0 Å². The summed E-state index contributed by atoms with van der Waals surface area (Å²) < 4.78 is 8.57. The predicted molar refractivity (Wildman–Crippen MR) is 357 cm³/mol. The number of hydrogen-bond acceptors (Lipinski definition) is 1. The van der Waals surface area contributed by atoms with Gasteiger partial charge in [0.1, 0.15) is 0 Å². The summed E-state index contributed by atoms with van der Waals surface area (Å²) in [5.41, 5.74) is 12.2. The van der Waals surface area contributed by atoms with Crippen LogP contribution in [-0.4, -0.2) is 118 Å². The second-order valence-electron chi connectivity index (χ2n) is 35.3. The molecule has 0 aliphatic carbocycles. The molecule has 0 atom stereocenters. The number of rotatable bonds is 20. The molecule has 14 heteroatoms. The van der Waals surface area contributed by atoms with E-state index in [-0.39, 0.29) is 0 Å². The summed E-state index contributed by atoms with van der Waals surface area (Å²) in [5.74, 6) is 0. The molecule has 0 bridgehead atoms. The summed E-state index contributed by atoms with van der Waals surface area (Å²) in [6, 6.07) is 11.8. The van der Waals surface area contributed by atoms with Crippen molar-refractivity contribution in [1.29, 1.82) is 0 Å². The summed E-state index contributed by atoms with van der Waals surface area (Å²) in [7, 11) is -20.0. The zero-order valence-corrected chi connectivity index (χ0v) is 67.2. The van der Waals surface area contributed by atoms with Gasteiger partial charge in [-0.3, -0.25) is 0 Å². The van der Waals surface area contributed by atoms with Gasteiger partial charge in [0, 0.05) is 0 Å². The molecule has 0 aliphatic rings. The summed E-state index contributed by atoms with van der Waals surface area (Å²) in [6.45, 7) is 98.2. The van der Waals surface area contributed by atoms with Crippen LogP contribution in [0.5, 0.6) is 0 Å². The molecule has 0 fully saturated rings. The fraction of sp³-hybridized carbons (Fsp3) is 0.778. The fourth-order valence-corrected chi connectivity index (χ4v) is 97.2. The van der Waals surface area contributed by atoms with E-state index in [0.717, 1.165) is 5.16 Å². The summed E-state index contributed by atoms with van der Waals surface area (Å²) in [5, 5.41) is 4.15. The Morgan fingerprint density at radius 3 is 0.588 bits per heavy atom. The molecule has 2 rings (SSSR count). The van der Waals surface area contributed by atoms with Crippen molar-refractivity contribution in [3.63, 3.8) is 0 Å². The SMILES string of the molecule is C[Si](C)(C)C(c1cc(C([Si](C)(C)C)[Si](C)(C)C)c([N]=[Sb][c]2c(C([Si](C)(C)C)[Si](C)(C)C)cc(C([Si](C)(C)C)[Si](C)(C)C)cc2C([Si](C)(C)C)[Si](C)(C)C)c(C([Si](C)(C)C)[Si](C)(C)C)c1)[Si](C)(C)C. The third-order valence-electron chi connectivity index (χ3n) is 14.9. The maximum absolute atomic E-state index is 6.72. The molecule has 392 valence electrons. The molecule has 0 aromatic heterocycles. The molecule has 0 saturated carbocycles. The van der Waals surface area contributed by atoms with Crippen LogP contribution in [0.2, 0.25) is 236 Å². The van der Waals surface area contributed by atoms with Crippen molar-refractivity contribution < 1.29 is 0 Å². The quantitative estimate of drug-likeness (QED) is 0.117. The van der Waals surface area contributed by atoms with Gasteiger partial charge in [0.25, 0.3) is 0 Å². The standard InChI is InChI=1S/C27H59NSi6.C27H59Si6.Sb/c1-29(2,3)25(30(4,5)6)21-19-22(26(31(7,8)9)32(10,11)12)24(28)23(20-21)27(33(13,14)15)34(16,17)18;1-28(2,3)25(29(4,5)6)22-19-23(26(30(7,8)9)31(10,11)12)21-24(20-22)27(32(13,14)15)33(16,17)18;/h19-20,25-27H,1-18H3;19-20,25-27H,1-18H3;. The molecule has 0 unspecified atom stereocenters.